The van der Waals surface area contributed by atoms with Gasteiger partial charge < -0.3 is 20.7 Å². The second-order valence-electron chi connectivity index (χ2n) is 9.81. The van der Waals surface area contributed by atoms with Gasteiger partial charge in [-0.2, -0.15) is 0 Å². The number of primary amides is 1. The second kappa shape index (κ2) is 11.8. The molecule has 9 nitrogen and oxygen atoms in total. The van der Waals surface area contributed by atoms with Crippen LogP contribution in [0.1, 0.15) is 50.8 Å². The van der Waals surface area contributed by atoms with E-state index in [1.165, 1.54) is 4.57 Å². The summed E-state index contributed by atoms with van der Waals surface area (Å²) in [5.74, 6) is 0.322. The zero-order valence-corrected chi connectivity index (χ0v) is 22.0. The number of likely N-dealkylation sites (tertiary alicyclic amines) is 1. The molecule has 0 aliphatic carbocycles. The van der Waals surface area contributed by atoms with E-state index in [0.717, 1.165) is 43.6 Å². The van der Waals surface area contributed by atoms with Crippen molar-refractivity contribution in [1.82, 2.24) is 19.4 Å². The molecule has 1 atom stereocenters. The molecule has 1 aliphatic rings. The fourth-order valence-corrected chi connectivity index (χ4v) is 5.13. The standard InChI is InChI=1S/C27H34ClN5O4/c1-18(2)32-22-5-3-4-6-23(22)33(27(32)36)26(35)30-17-19-11-14-31(15-12-19)16-13-24(37-25(29)34)20-7-9-21(28)10-8-20/h3-10,18-19,24H,11-17H2,1-2H3,(H2,29,34)(H,30,35). The fourth-order valence-electron chi connectivity index (χ4n) is 5.00. The van der Waals surface area contributed by atoms with Crippen molar-refractivity contribution in [3.05, 3.63) is 69.6 Å². The lowest BCUT2D eigenvalue weighted by Gasteiger charge is -2.32. The van der Waals surface area contributed by atoms with E-state index in [-0.39, 0.29) is 11.7 Å². The number of nitrogens with two attached hydrogens (primary N) is 1. The molecule has 37 heavy (non-hydrogen) atoms. The molecule has 198 valence electrons. The van der Waals surface area contributed by atoms with Gasteiger partial charge in [0.05, 0.1) is 11.0 Å². The minimum atomic E-state index is -0.801. The third kappa shape index (κ3) is 6.34. The van der Waals surface area contributed by atoms with Gasteiger partial charge in [0.15, 0.2) is 0 Å². The molecule has 1 saturated heterocycles. The maximum absolute atomic E-state index is 13.0. The highest BCUT2D eigenvalue weighted by molar-refractivity contribution is 6.30. The van der Waals surface area contributed by atoms with E-state index < -0.39 is 18.2 Å². The van der Waals surface area contributed by atoms with Gasteiger partial charge in [-0.15, -0.1) is 0 Å². The van der Waals surface area contributed by atoms with E-state index in [1.807, 2.05) is 44.2 Å². The first-order chi connectivity index (χ1) is 17.7. The monoisotopic (exact) mass is 527 g/mol. The number of nitrogens with one attached hydrogen (secondary N) is 1. The molecule has 1 aliphatic heterocycles. The Bertz CT molecular complexity index is 1290. The van der Waals surface area contributed by atoms with Crippen LogP contribution in [0.2, 0.25) is 5.02 Å². The highest BCUT2D eigenvalue weighted by Crippen LogP contribution is 2.25. The van der Waals surface area contributed by atoms with E-state index in [9.17, 15) is 14.4 Å². The minimum absolute atomic E-state index is 0.0524. The van der Waals surface area contributed by atoms with Crippen LogP contribution in [0.4, 0.5) is 9.59 Å². The SMILES string of the molecule is CC(C)n1c(=O)n(C(=O)NCC2CCN(CCC(OC(N)=O)c3ccc(Cl)cc3)CC2)c2ccccc21. The number of halogens is 1. The summed E-state index contributed by atoms with van der Waals surface area (Å²) < 4.78 is 8.23. The van der Waals surface area contributed by atoms with Crippen molar-refractivity contribution in [2.75, 3.05) is 26.2 Å². The predicted molar refractivity (Wildman–Crippen MR) is 144 cm³/mol. The van der Waals surface area contributed by atoms with Gasteiger partial charge >= 0.3 is 17.8 Å². The van der Waals surface area contributed by atoms with Crippen molar-refractivity contribution < 1.29 is 14.3 Å². The Labute approximate surface area is 221 Å². The van der Waals surface area contributed by atoms with Gasteiger partial charge in [-0.05, 0) is 75.5 Å². The molecule has 2 aromatic carbocycles. The molecular formula is C27H34ClN5O4. The van der Waals surface area contributed by atoms with E-state index in [1.54, 1.807) is 22.8 Å². The summed E-state index contributed by atoms with van der Waals surface area (Å²) in [4.78, 5) is 39.7. The predicted octanol–water partition coefficient (Wildman–Crippen LogP) is 4.53. The van der Waals surface area contributed by atoms with Crippen LogP contribution in [0.15, 0.2) is 53.3 Å². The molecule has 4 rings (SSSR count). The van der Waals surface area contributed by atoms with Crippen LogP contribution in [-0.2, 0) is 4.74 Å². The van der Waals surface area contributed by atoms with Crippen LogP contribution in [-0.4, -0.2) is 52.3 Å². The lowest BCUT2D eigenvalue weighted by atomic mass is 9.96. The van der Waals surface area contributed by atoms with Crippen LogP contribution in [0.25, 0.3) is 11.0 Å². The molecule has 10 heteroatoms. The zero-order valence-electron chi connectivity index (χ0n) is 21.2. The molecular weight excluding hydrogens is 494 g/mol. The number of hydrogen-bond donors (Lipinski definition) is 2. The summed E-state index contributed by atoms with van der Waals surface area (Å²) in [7, 11) is 0. The quantitative estimate of drug-likeness (QED) is 0.447. The molecule has 3 aromatic rings. The van der Waals surface area contributed by atoms with Gasteiger partial charge in [-0.3, -0.25) is 4.57 Å². The average Bonchev–Trinajstić information content (AvgIpc) is 3.18. The minimum Gasteiger partial charge on any atom is -0.441 e. The molecule has 2 amide bonds. The summed E-state index contributed by atoms with van der Waals surface area (Å²) in [6, 6.07) is 14.1. The number of nitrogens with zero attached hydrogens (tertiary/aromatic N) is 3. The molecule has 2 heterocycles. The highest BCUT2D eigenvalue weighted by Gasteiger charge is 2.24. The number of benzene rings is 2. The highest BCUT2D eigenvalue weighted by atomic mass is 35.5. The first kappa shape index (κ1) is 26.8. The van der Waals surface area contributed by atoms with Crippen molar-refractivity contribution >= 4 is 34.8 Å². The molecule has 3 N–H and O–H groups in total. The van der Waals surface area contributed by atoms with Crippen molar-refractivity contribution in [1.29, 1.82) is 0 Å². The van der Waals surface area contributed by atoms with Gasteiger partial charge in [0.2, 0.25) is 0 Å². The Hall–Kier alpha value is -3.30. The first-order valence-corrected chi connectivity index (χ1v) is 13.1. The molecule has 1 fully saturated rings. The number of rotatable bonds is 8. The van der Waals surface area contributed by atoms with E-state index in [0.29, 0.717) is 29.4 Å². The summed E-state index contributed by atoms with van der Waals surface area (Å²) in [5, 5.41) is 3.59. The number of ether oxygens (including phenoxy) is 1. The molecule has 0 radical (unpaired) electrons. The van der Waals surface area contributed by atoms with Crippen LogP contribution >= 0.6 is 11.6 Å². The maximum atomic E-state index is 13.0. The Morgan fingerprint density at radius 2 is 1.73 bits per heavy atom. The van der Waals surface area contributed by atoms with E-state index >= 15 is 0 Å². The average molecular weight is 528 g/mol. The number of hydrogen-bond acceptors (Lipinski definition) is 5. The second-order valence-corrected chi connectivity index (χ2v) is 10.2. The zero-order chi connectivity index (χ0) is 26.5. The summed E-state index contributed by atoms with van der Waals surface area (Å²) in [6.45, 7) is 6.87. The Balaban J connectivity index is 1.30. The van der Waals surface area contributed by atoms with Crippen LogP contribution in [0.3, 0.4) is 0 Å². The topological polar surface area (TPSA) is 112 Å². The van der Waals surface area contributed by atoms with E-state index in [2.05, 4.69) is 10.2 Å². The first-order valence-electron chi connectivity index (χ1n) is 12.7. The maximum Gasteiger partial charge on any atom is 0.405 e. The smallest absolute Gasteiger partial charge is 0.405 e. The van der Waals surface area contributed by atoms with Gasteiger partial charge in [0.25, 0.3) is 0 Å². The number of imidazole rings is 1. The number of piperidine rings is 1. The van der Waals surface area contributed by atoms with Gasteiger partial charge in [-0.25, -0.2) is 19.0 Å². The Kier molecular flexibility index (Phi) is 8.56. The van der Waals surface area contributed by atoms with Crippen LogP contribution in [0.5, 0.6) is 0 Å². The van der Waals surface area contributed by atoms with Gasteiger partial charge in [0.1, 0.15) is 6.10 Å². The molecule has 0 bridgehead atoms. The number of carbonyl (C=O) groups excluding carboxylic acids is 2. The third-order valence-electron chi connectivity index (χ3n) is 6.96. The third-order valence-corrected chi connectivity index (χ3v) is 7.21. The molecule has 0 spiro atoms. The Morgan fingerprint density at radius 3 is 2.35 bits per heavy atom. The lowest BCUT2D eigenvalue weighted by Crippen LogP contribution is -2.42. The van der Waals surface area contributed by atoms with Crippen LogP contribution < -0.4 is 16.7 Å². The van der Waals surface area contributed by atoms with Crippen molar-refractivity contribution in [3.63, 3.8) is 0 Å². The largest absolute Gasteiger partial charge is 0.441 e. The molecule has 1 aromatic heterocycles. The summed E-state index contributed by atoms with van der Waals surface area (Å²) >= 11 is 5.98. The number of fused-ring (bicyclic) bond motifs is 1. The summed E-state index contributed by atoms with van der Waals surface area (Å²) in [6.07, 6.45) is 1.23. The molecule has 1 unspecified atom stereocenters. The molecule has 0 saturated carbocycles. The van der Waals surface area contributed by atoms with Gasteiger partial charge in [0, 0.05) is 30.6 Å². The normalized spacial score (nSPS) is 15.7. The number of para-hydroxylation sites is 2. The summed E-state index contributed by atoms with van der Waals surface area (Å²) in [5.41, 5.74) is 7.19. The Morgan fingerprint density at radius 1 is 1.08 bits per heavy atom. The van der Waals surface area contributed by atoms with Crippen molar-refractivity contribution in [2.45, 2.75) is 45.3 Å². The van der Waals surface area contributed by atoms with Crippen LogP contribution in [0, 0.1) is 5.92 Å². The number of aromatic nitrogens is 2. The lowest BCUT2D eigenvalue weighted by molar-refractivity contribution is 0.0860. The van der Waals surface area contributed by atoms with E-state index in [4.69, 9.17) is 22.1 Å². The van der Waals surface area contributed by atoms with Crippen molar-refractivity contribution in [3.8, 4) is 0 Å². The number of amides is 2. The number of carbonyl (C=O) groups is 2. The van der Waals surface area contributed by atoms with Gasteiger partial charge in [-0.1, -0.05) is 35.9 Å². The van der Waals surface area contributed by atoms with Crippen molar-refractivity contribution in [2.24, 2.45) is 11.7 Å². The fraction of sp³-hybridized carbons (Fsp3) is 0.444.